The highest BCUT2D eigenvalue weighted by atomic mass is 35.5. The first kappa shape index (κ1) is 20.9. The molecule has 32 heavy (non-hydrogen) atoms. The van der Waals surface area contributed by atoms with Crippen molar-refractivity contribution in [2.45, 2.75) is 6.92 Å². The molecule has 2 amide bonds. The summed E-state index contributed by atoms with van der Waals surface area (Å²) in [4.78, 5) is 40.5. The second-order valence-corrected chi connectivity index (χ2v) is 7.12. The smallest absolute Gasteiger partial charge is 0.264 e. The molecule has 0 fully saturated rings. The third kappa shape index (κ3) is 4.55. The van der Waals surface area contributed by atoms with Gasteiger partial charge < -0.3 is 10.6 Å². The summed E-state index contributed by atoms with van der Waals surface area (Å²) in [7, 11) is 0. The van der Waals surface area contributed by atoms with Gasteiger partial charge in [0, 0.05) is 23.5 Å². The van der Waals surface area contributed by atoms with E-state index in [0.29, 0.717) is 39.2 Å². The summed E-state index contributed by atoms with van der Waals surface area (Å²) in [6, 6.07) is 12.5. The van der Waals surface area contributed by atoms with Crippen LogP contribution in [0.2, 0.25) is 5.02 Å². The van der Waals surface area contributed by atoms with Crippen LogP contribution in [-0.4, -0.2) is 36.8 Å². The minimum Gasteiger partial charge on any atom is -0.322 e. The number of rotatable bonds is 5. The summed E-state index contributed by atoms with van der Waals surface area (Å²) in [6.45, 7) is 1.71. The van der Waals surface area contributed by atoms with Gasteiger partial charge in [-0.2, -0.15) is 10.2 Å². The van der Waals surface area contributed by atoms with E-state index in [2.05, 4.69) is 30.9 Å². The van der Waals surface area contributed by atoms with Crippen molar-refractivity contribution in [2.75, 3.05) is 10.6 Å². The lowest BCUT2D eigenvalue weighted by Crippen LogP contribution is -2.16. The SMILES string of the molecule is Cc1c(C(=O)Nc2cccc(C(=O)Nc3ccc(Cl)cn3)c2)cnn1-c1ccc(=O)[nH]n1. The van der Waals surface area contributed by atoms with Crippen molar-refractivity contribution >= 4 is 34.9 Å². The lowest BCUT2D eigenvalue weighted by Gasteiger charge is -2.08. The Morgan fingerprint density at radius 3 is 2.59 bits per heavy atom. The van der Waals surface area contributed by atoms with Gasteiger partial charge in [0.2, 0.25) is 0 Å². The Balaban J connectivity index is 1.49. The lowest BCUT2D eigenvalue weighted by atomic mass is 10.1. The van der Waals surface area contributed by atoms with E-state index in [4.69, 9.17) is 11.6 Å². The molecule has 3 N–H and O–H groups in total. The molecule has 4 aromatic rings. The normalized spacial score (nSPS) is 10.6. The van der Waals surface area contributed by atoms with E-state index in [0.717, 1.165) is 0 Å². The summed E-state index contributed by atoms with van der Waals surface area (Å²) in [5.41, 5.74) is 1.28. The molecular formula is C21H16ClN7O3. The van der Waals surface area contributed by atoms with Gasteiger partial charge in [0.25, 0.3) is 17.4 Å². The summed E-state index contributed by atoms with van der Waals surface area (Å²) in [5.74, 6) is -0.0671. The Hall–Kier alpha value is -4.31. The van der Waals surface area contributed by atoms with Crippen LogP contribution < -0.4 is 16.2 Å². The number of benzene rings is 1. The Kier molecular flexibility index (Phi) is 5.77. The highest BCUT2D eigenvalue weighted by Gasteiger charge is 2.17. The van der Waals surface area contributed by atoms with Crippen molar-refractivity contribution in [3.63, 3.8) is 0 Å². The Labute approximate surface area is 186 Å². The molecule has 0 unspecified atom stereocenters. The van der Waals surface area contributed by atoms with Crippen LogP contribution in [0.15, 0.2) is 65.7 Å². The molecule has 4 rings (SSSR count). The minimum atomic E-state index is -0.407. The van der Waals surface area contributed by atoms with Crippen LogP contribution in [-0.2, 0) is 0 Å². The number of carbonyl (C=O) groups is 2. The first-order valence-electron chi connectivity index (χ1n) is 9.36. The van der Waals surface area contributed by atoms with Crippen LogP contribution >= 0.6 is 11.6 Å². The largest absolute Gasteiger partial charge is 0.322 e. The summed E-state index contributed by atoms with van der Waals surface area (Å²) in [5, 5.41) is 16.3. The highest BCUT2D eigenvalue weighted by Crippen LogP contribution is 2.17. The minimum absolute atomic E-state index is 0.318. The first-order valence-corrected chi connectivity index (χ1v) is 9.73. The van der Waals surface area contributed by atoms with E-state index >= 15 is 0 Å². The monoisotopic (exact) mass is 449 g/mol. The molecule has 160 valence electrons. The summed E-state index contributed by atoms with van der Waals surface area (Å²) < 4.78 is 1.44. The number of aromatic nitrogens is 5. The number of amides is 2. The zero-order chi connectivity index (χ0) is 22.7. The van der Waals surface area contributed by atoms with Crippen LogP contribution in [0.3, 0.4) is 0 Å². The second kappa shape index (κ2) is 8.82. The Morgan fingerprint density at radius 1 is 1.03 bits per heavy atom. The number of anilines is 2. The third-order valence-corrected chi connectivity index (χ3v) is 4.71. The number of pyridine rings is 1. The van der Waals surface area contributed by atoms with Crippen molar-refractivity contribution in [3.05, 3.63) is 93.1 Å². The number of halogens is 1. The molecule has 0 bridgehead atoms. The molecule has 0 saturated carbocycles. The maximum absolute atomic E-state index is 12.8. The topological polar surface area (TPSA) is 135 Å². The van der Waals surface area contributed by atoms with Crippen LogP contribution in [0.5, 0.6) is 0 Å². The number of aromatic amines is 1. The van der Waals surface area contributed by atoms with Gasteiger partial charge in [0.1, 0.15) is 5.82 Å². The molecule has 11 heteroatoms. The van der Waals surface area contributed by atoms with Gasteiger partial charge in [-0.15, -0.1) is 0 Å². The molecule has 0 radical (unpaired) electrons. The van der Waals surface area contributed by atoms with E-state index in [1.54, 1.807) is 43.3 Å². The average Bonchev–Trinajstić information content (AvgIpc) is 3.17. The van der Waals surface area contributed by atoms with Gasteiger partial charge in [0.05, 0.1) is 22.5 Å². The van der Waals surface area contributed by atoms with E-state index < -0.39 is 5.91 Å². The van der Waals surface area contributed by atoms with Gasteiger partial charge in [-0.3, -0.25) is 14.4 Å². The standard InChI is InChI=1S/C21H16ClN7O3/c1-12-16(11-24-29(12)18-7-8-19(30)28-27-18)21(32)25-15-4-2-3-13(9-15)20(31)26-17-6-5-14(22)10-23-17/h2-11H,1H3,(H,25,32)(H,28,30)(H,23,26,31). The van der Waals surface area contributed by atoms with Crippen molar-refractivity contribution < 1.29 is 9.59 Å². The zero-order valence-electron chi connectivity index (χ0n) is 16.7. The zero-order valence-corrected chi connectivity index (χ0v) is 17.4. The number of nitrogens with one attached hydrogen (secondary N) is 3. The molecule has 0 atom stereocenters. The predicted molar refractivity (Wildman–Crippen MR) is 118 cm³/mol. The van der Waals surface area contributed by atoms with Gasteiger partial charge >= 0.3 is 0 Å². The van der Waals surface area contributed by atoms with E-state index in [1.807, 2.05) is 0 Å². The number of carbonyl (C=O) groups excluding carboxylic acids is 2. The molecule has 0 aliphatic rings. The third-order valence-electron chi connectivity index (χ3n) is 4.49. The van der Waals surface area contributed by atoms with Gasteiger partial charge in [0.15, 0.2) is 5.82 Å². The molecule has 0 aliphatic heterocycles. The summed E-state index contributed by atoms with van der Waals surface area (Å²) >= 11 is 5.80. The van der Waals surface area contributed by atoms with Crippen molar-refractivity contribution in [3.8, 4) is 5.82 Å². The number of hydrogen-bond donors (Lipinski definition) is 3. The van der Waals surface area contributed by atoms with E-state index in [9.17, 15) is 14.4 Å². The fraction of sp³-hybridized carbons (Fsp3) is 0.0476. The van der Waals surface area contributed by atoms with Gasteiger partial charge in [-0.25, -0.2) is 14.8 Å². The van der Waals surface area contributed by atoms with Crippen LogP contribution in [0, 0.1) is 6.92 Å². The van der Waals surface area contributed by atoms with E-state index in [-0.39, 0.29) is 11.5 Å². The quantitative estimate of drug-likeness (QED) is 0.429. The molecule has 3 heterocycles. The average molecular weight is 450 g/mol. The van der Waals surface area contributed by atoms with E-state index in [1.165, 1.54) is 29.2 Å². The molecule has 0 spiro atoms. The first-order chi connectivity index (χ1) is 15.4. The van der Waals surface area contributed by atoms with Crippen molar-refractivity contribution in [2.24, 2.45) is 0 Å². The Morgan fingerprint density at radius 2 is 1.88 bits per heavy atom. The lowest BCUT2D eigenvalue weighted by molar-refractivity contribution is 0.101. The summed E-state index contributed by atoms with van der Waals surface area (Å²) in [6.07, 6.45) is 2.83. The Bertz CT molecular complexity index is 1340. The fourth-order valence-corrected chi connectivity index (χ4v) is 3.01. The highest BCUT2D eigenvalue weighted by molar-refractivity contribution is 6.30. The fourth-order valence-electron chi connectivity index (χ4n) is 2.89. The second-order valence-electron chi connectivity index (χ2n) is 6.69. The molecular weight excluding hydrogens is 434 g/mol. The molecule has 0 saturated heterocycles. The maximum atomic E-state index is 12.8. The van der Waals surface area contributed by atoms with Crippen molar-refractivity contribution in [1.82, 2.24) is 25.0 Å². The van der Waals surface area contributed by atoms with Gasteiger partial charge in [-0.05, 0) is 43.3 Å². The van der Waals surface area contributed by atoms with Gasteiger partial charge in [-0.1, -0.05) is 17.7 Å². The predicted octanol–water partition coefficient (Wildman–Crippen LogP) is 2.82. The van der Waals surface area contributed by atoms with Crippen LogP contribution in [0.4, 0.5) is 11.5 Å². The van der Waals surface area contributed by atoms with Crippen LogP contribution in [0.1, 0.15) is 26.4 Å². The molecule has 10 nitrogen and oxygen atoms in total. The number of H-pyrrole nitrogens is 1. The molecule has 1 aromatic carbocycles. The maximum Gasteiger partial charge on any atom is 0.264 e. The molecule has 0 aliphatic carbocycles. The number of nitrogens with zero attached hydrogens (tertiary/aromatic N) is 4. The molecule has 3 aromatic heterocycles. The van der Waals surface area contributed by atoms with Crippen molar-refractivity contribution in [1.29, 1.82) is 0 Å². The van der Waals surface area contributed by atoms with Crippen LogP contribution in [0.25, 0.3) is 5.82 Å². The number of hydrogen-bond acceptors (Lipinski definition) is 6.